The summed E-state index contributed by atoms with van der Waals surface area (Å²) in [5, 5.41) is 8.09. The van der Waals surface area contributed by atoms with Gasteiger partial charge in [0.1, 0.15) is 5.82 Å². The number of aryl methyl sites for hydroxylation is 3. The van der Waals surface area contributed by atoms with E-state index in [9.17, 15) is 0 Å². The molecule has 0 bridgehead atoms. The zero-order chi connectivity index (χ0) is 19.2. The number of thiazole rings is 1. The van der Waals surface area contributed by atoms with Gasteiger partial charge in [-0.15, -0.1) is 11.3 Å². The van der Waals surface area contributed by atoms with Crippen molar-refractivity contribution in [3.63, 3.8) is 0 Å². The number of rotatable bonds is 5. The first kappa shape index (κ1) is 19.6. The molecule has 0 aliphatic carbocycles. The normalized spacial score (nSPS) is 15.9. The molecule has 2 N–H and O–H groups in total. The van der Waals surface area contributed by atoms with Crippen LogP contribution < -0.4 is 15.5 Å². The van der Waals surface area contributed by atoms with Gasteiger partial charge in [-0.1, -0.05) is 6.07 Å². The van der Waals surface area contributed by atoms with Gasteiger partial charge in [-0.2, -0.15) is 0 Å². The lowest BCUT2D eigenvalue weighted by molar-refractivity contribution is 0.459. The number of guanidine groups is 1. The van der Waals surface area contributed by atoms with Crippen molar-refractivity contribution >= 4 is 23.1 Å². The van der Waals surface area contributed by atoms with Gasteiger partial charge in [-0.05, 0) is 52.2 Å². The summed E-state index contributed by atoms with van der Waals surface area (Å²) >= 11 is 1.73. The SMILES string of the molecule is CCNC(=NCc1sc(C)nc1C)NC1CCN(c2ccc(C)cn2)CC1. The molecule has 3 rings (SSSR count). The van der Waals surface area contributed by atoms with E-state index >= 15 is 0 Å². The maximum Gasteiger partial charge on any atom is 0.191 e. The van der Waals surface area contributed by atoms with Gasteiger partial charge in [0.25, 0.3) is 0 Å². The summed E-state index contributed by atoms with van der Waals surface area (Å²) in [6.07, 6.45) is 4.11. The van der Waals surface area contributed by atoms with Crippen molar-refractivity contribution < 1.29 is 0 Å². The van der Waals surface area contributed by atoms with Gasteiger partial charge in [-0.25, -0.2) is 15.0 Å². The number of aromatic nitrogens is 2. The summed E-state index contributed by atoms with van der Waals surface area (Å²) in [5.74, 6) is 1.98. The van der Waals surface area contributed by atoms with Gasteiger partial charge in [0.15, 0.2) is 5.96 Å². The zero-order valence-electron chi connectivity index (χ0n) is 16.7. The molecule has 7 heteroatoms. The van der Waals surface area contributed by atoms with E-state index < -0.39 is 0 Å². The maximum atomic E-state index is 4.78. The number of hydrogen-bond donors (Lipinski definition) is 2. The second kappa shape index (κ2) is 9.17. The molecule has 0 saturated carbocycles. The van der Waals surface area contributed by atoms with Crippen LogP contribution in [0.2, 0.25) is 0 Å². The highest BCUT2D eigenvalue weighted by molar-refractivity contribution is 7.11. The van der Waals surface area contributed by atoms with Crippen molar-refractivity contribution in [3.05, 3.63) is 39.5 Å². The molecule has 0 unspecified atom stereocenters. The first-order valence-electron chi connectivity index (χ1n) is 9.70. The number of anilines is 1. The number of aliphatic imine (C=N–C) groups is 1. The molecule has 0 spiro atoms. The number of pyridine rings is 1. The molecule has 6 nitrogen and oxygen atoms in total. The molecule has 0 radical (unpaired) electrons. The predicted molar refractivity (Wildman–Crippen MR) is 114 cm³/mol. The smallest absolute Gasteiger partial charge is 0.191 e. The van der Waals surface area contributed by atoms with Gasteiger partial charge < -0.3 is 15.5 Å². The Balaban J connectivity index is 1.55. The van der Waals surface area contributed by atoms with Gasteiger partial charge in [0.2, 0.25) is 0 Å². The summed E-state index contributed by atoms with van der Waals surface area (Å²) in [4.78, 5) is 17.4. The Bertz CT molecular complexity index is 759. The van der Waals surface area contributed by atoms with Crippen LogP contribution in [-0.2, 0) is 6.54 Å². The van der Waals surface area contributed by atoms with E-state index in [4.69, 9.17) is 4.99 Å². The highest BCUT2D eigenvalue weighted by atomic mass is 32.1. The third kappa shape index (κ3) is 5.42. The van der Waals surface area contributed by atoms with E-state index in [1.54, 1.807) is 11.3 Å². The van der Waals surface area contributed by atoms with Crippen molar-refractivity contribution in [2.24, 2.45) is 4.99 Å². The fourth-order valence-electron chi connectivity index (χ4n) is 3.28. The lowest BCUT2D eigenvalue weighted by Crippen LogP contribution is -2.48. The standard InChI is InChI=1S/C20H30N6S/c1-5-21-20(23-13-18-15(3)24-16(4)27-18)25-17-8-10-26(11-9-17)19-7-6-14(2)12-22-19/h6-7,12,17H,5,8-11,13H2,1-4H3,(H2,21,23,25). The van der Waals surface area contributed by atoms with Gasteiger partial charge >= 0.3 is 0 Å². The Morgan fingerprint density at radius 2 is 2.04 bits per heavy atom. The van der Waals surface area contributed by atoms with Crippen molar-refractivity contribution in [3.8, 4) is 0 Å². The molecule has 0 aromatic carbocycles. The van der Waals surface area contributed by atoms with Crippen LogP contribution in [-0.4, -0.2) is 41.6 Å². The number of nitrogens with one attached hydrogen (secondary N) is 2. The molecule has 1 saturated heterocycles. The van der Waals surface area contributed by atoms with Crippen LogP contribution in [0.5, 0.6) is 0 Å². The van der Waals surface area contributed by atoms with Crippen molar-refractivity contribution in [2.75, 3.05) is 24.5 Å². The molecule has 0 atom stereocenters. The Morgan fingerprint density at radius 1 is 1.26 bits per heavy atom. The van der Waals surface area contributed by atoms with Crippen LogP contribution in [0.15, 0.2) is 23.3 Å². The second-order valence-electron chi connectivity index (χ2n) is 7.04. The van der Waals surface area contributed by atoms with Crippen molar-refractivity contribution in [1.29, 1.82) is 0 Å². The summed E-state index contributed by atoms with van der Waals surface area (Å²) in [7, 11) is 0. The minimum absolute atomic E-state index is 0.439. The van der Waals surface area contributed by atoms with Gasteiger partial charge in [0.05, 0.1) is 17.2 Å². The van der Waals surface area contributed by atoms with E-state index in [0.29, 0.717) is 12.6 Å². The van der Waals surface area contributed by atoms with Crippen LogP contribution in [0.3, 0.4) is 0 Å². The Hall–Kier alpha value is -2.15. The van der Waals surface area contributed by atoms with Crippen LogP contribution in [0, 0.1) is 20.8 Å². The molecule has 1 aliphatic heterocycles. The zero-order valence-corrected chi connectivity index (χ0v) is 17.6. The Labute approximate surface area is 166 Å². The van der Waals surface area contributed by atoms with E-state index in [1.807, 2.05) is 13.1 Å². The molecular formula is C20H30N6S. The first-order chi connectivity index (χ1) is 13.0. The quantitative estimate of drug-likeness (QED) is 0.610. The van der Waals surface area contributed by atoms with Gasteiger partial charge in [0, 0.05) is 36.8 Å². The number of nitrogens with zero attached hydrogens (tertiary/aromatic N) is 4. The van der Waals surface area contributed by atoms with E-state index in [0.717, 1.165) is 55.0 Å². The fraction of sp³-hybridized carbons (Fsp3) is 0.550. The molecule has 3 heterocycles. The third-order valence-corrected chi connectivity index (χ3v) is 5.84. The van der Waals surface area contributed by atoms with Crippen LogP contribution >= 0.6 is 11.3 Å². The first-order valence-corrected chi connectivity index (χ1v) is 10.5. The van der Waals surface area contributed by atoms with Crippen LogP contribution in [0.1, 0.15) is 40.9 Å². The average Bonchev–Trinajstić information content (AvgIpc) is 2.98. The minimum Gasteiger partial charge on any atom is -0.357 e. The maximum absolute atomic E-state index is 4.78. The lowest BCUT2D eigenvalue weighted by Gasteiger charge is -2.33. The fourth-order valence-corrected chi connectivity index (χ4v) is 4.15. The second-order valence-corrected chi connectivity index (χ2v) is 8.32. The monoisotopic (exact) mass is 386 g/mol. The average molecular weight is 387 g/mol. The predicted octanol–water partition coefficient (Wildman–Crippen LogP) is 3.19. The number of piperidine rings is 1. The lowest BCUT2D eigenvalue weighted by atomic mass is 10.1. The molecule has 146 valence electrons. The van der Waals surface area contributed by atoms with Gasteiger partial charge in [-0.3, -0.25) is 0 Å². The van der Waals surface area contributed by atoms with Crippen LogP contribution in [0.25, 0.3) is 0 Å². The highest BCUT2D eigenvalue weighted by Crippen LogP contribution is 2.19. The summed E-state index contributed by atoms with van der Waals surface area (Å²) in [6, 6.07) is 4.69. The van der Waals surface area contributed by atoms with Crippen molar-refractivity contribution in [2.45, 2.75) is 53.1 Å². The van der Waals surface area contributed by atoms with E-state index in [1.165, 1.54) is 10.4 Å². The molecule has 2 aromatic rings. The highest BCUT2D eigenvalue weighted by Gasteiger charge is 2.21. The molecular weight excluding hydrogens is 356 g/mol. The topological polar surface area (TPSA) is 65.4 Å². The number of hydrogen-bond acceptors (Lipinski definition) is 5. The van der Waals surface area contributed by atoms with Crippen molar-refractivity contribution in [1.82, 2.24) is 20.6 Å². The molecule has 1 fully saturated rings. The largest absolute Gasteiger partial charge is 0.357 e. The molecule has 27 heavy (non-hydrogen) atoms. The molecule has 2 aromatic heterocycles. The summed E-state index contributed by atoms with van der Waals surface area (Å²) in [6.45, 7) is 11.8. The third-order valence-electron chi connectivity index (χ3n) is 4.78. The van der Waals surface area contributed by atoms with E-state index in [-0.39, 0.29) is 0 Å². The molecule has 1 aliphatic rings. The minimum atomic E-state index is 0.439. The Morgan fingerprint density at radius 3 is 2.63 bits per heavy atom. The van der Waals surface area contributed by atoms with Crippen LogP contribution in [0.4, 0.5) is 5.82 Å². The summed E-state index contributed by atoms with van der Waals surface area (Å²) in [5.41, 5.74) is 2.30. The summed E-state index contributed by atoms with van der Waals surface area (Å²) < 4.78 is 0. The molecule has 0 amide bonds. The van der Waals surface area contributed by atoms with E-state index in [2.05, 4.69) is 58.4 Å². The Kier molecular flexibility index (Phi) is 6.66.